The Kier molecular flexibility index (Phi) is 13.9. The number of aryl methyl sites for hydroxylation is 14. The van der Waals surface area contributed by atoms with Gasteiger partial charge in [-0.2, -0.15) is 26.4 Å². The molecule has 12 aliphatic heterocycles. The van der Waals surface area contributed by atoms with Gasteiger partial charge in [0.25, 0.3) is 33.9 Å². The van der Waals surface area contributed by atoms with E-state index in [1.165, 1.54) is 385 Å². The number of imidazole rings is 6. The minimum absolute atomic E-state index is 0.188. The Labute approximate surface area is 762 Å². The van der Waals surface area contributed by atoms with Gasteiger partial charge in [-0.1, -0.05) is 214 Å². The van der Waals surface area contributed by atoms with Crippen molar-refractivity contribution in [3.05, 3.63) is 351 Å². The van der Waals surface area contributed by atoms with Gasteiger partial charge in [-0.25, -0.2) is 27.4 Å². The van der Waals surface area contributed by atoms with E-state index in [2.05, 4.69) is 331 Å². The van der Waals surface area contributed by atoms with Crippen LogP contribution >= 0.6 is 0 Å². The highest BCUT2D eigenvalue weighted by Crippen LogP contribution is 2.49. The molecule has 12 aromatic carbocycles. The summed E-state index contributed by atoms with van der Waals surface area (Å²) >= 11 is 0. The van der Waals surface area contributed by atoms with E-state index in [0.29, 0.717) is 0 Å². The zero-order chi connectivity index (χ0) is 87.6. The molecule has 12 heteroatoms. The molecule has 0 atom stereocenters. The number of para-hydroxylation sites is 5. The normalized spacial score (nSPS) is 15.6. The highest BCUT2D eigenvalue weighted by atomic mass is 15.2. The molecule has 0 N–H and O–H groups in total. The molecule has 0 fully saturated rings. The molecule has 24 aromatic rings. The summed E-state index contributed by atoms with van der Waals surface area (Å²) in [5.41, 5.74) is 58.8. The molecule has 0 spiro atoms. The second-order valence-electron chi connectivity index (χ2n) is 41.9. The zero-order valence-corrected chi connectivity index (χ0v) is 77.4. The van der Waals surface area contributed by atoms with E-state index < -0.39 is 0 Å². The maximum Gasteiger partial charge on any atom is 0.295 e. The average molecular weight is 1710 g/mol. The summed E-state index contributed by atoms with van der Waals surface area (Å²) in [6.45, 7) is 33.8. The second-order valence-corrected chi connectivity index (χ2v) is 41.9. The van der Waals surface area contributed by atoms with Crippen molar-refractivity contribution in [3.63, 3.8) is 0 Å². The van der Waals surface area contributed by atoms with Gasteiger partial charge >= 0.3 is 0 Å². The lowest BCUT2D eigenvalue weighted by atomic mass is 9.77. The number of hydrogen-bond acceptors (Lipinski definition) is 0. The highest BCUT2D eigenvalue weighted by molar-refractivity contribution is 6.18. The van der Waals surface area contributed by atoms with Crippen molar-refractivity contribution in [2.75, 3.05) is 0 Å². The molecule has 0 saturated carbocycles. The van der Waals surface area contributed by atoms with E-state index in [4.69, 9.17) is 0 Å². The van der Waals surface area contributed by atoms with Crippen LogP contribution in [0.4, 0.5) is 0 Å². The van der Waals surface area contributed by atoms with E-state index >= 15 is 0 Å². The standard InChI is InChI=1S/C21H19N2.4C20H17N2.C19H15N2/c1-12-17-10-21(2,3)16-9-5-8-15-14-7-4-6-13-11-22(12)20(18(13)14)23(17)19(15)16;1-11-6-8-14-15-5-3-4-13-7-9-17-12(2)21-10-16(11)18(14)20(21)22(17)19(13)15;1-11-8-14-10-21-12(2)17-7-6-13-4-3-5-15-16(9-11)18(14)20(21)22(17)19(13)15;1-11-6-7-13-8-9-16-12(2)21-10-14-4-3-5-15-17(11)19(13)22(16)20(21)18(14)15;1-11-6-7-14-10-21-12(2)16-9-8-13-4-3-5-15-17(11)18(14)20(21)22(16)19(13)15;1-11-16-9-8-12-4-2-7-15-14-6-3-5-13-10-20(11)19(17(13)14)21(16)18(12)15/h4-9H,10-11H2,1-3H3;3-6,8H,7,9-10H2,1-2H3;3-5,8-9H,6-7,10H2,1-2H3;2*3-7H,8-10H2,1-2H3;2-7H,8-10H2,1H3/q6*+1. The number of fused-ring (bicyclic) bond motifs is 6. The SMILES string of the molecule is Cc1c2[n+]3c4c(cccc4c4cccc5c4c3n1C5)C(C)(C)C2.Cc1c2[n+]3c4c(cccc4c4cccc5c4c3n1C5)CC2.Cc1cc2c3c(c1)c1cccc4c1[n+]1c(c(C)n(c31)C2)CC4.Cc1ccc2c3c1c1cccc4c1[n+]1c(c(C)n(c31)C2)CC4.Cc1ccc2c3c1c1cccc4c1c1n(c(C)c([n+]31)CC2)C4.Cc1ccc2c3cccc4c3[n+]3c(c(C)n5c3c2c1C5)CC4. The van der Waals surface area contributed by atoms with Gasteiger partial charge in [-0.05, 0) is 76.5 Å². The topological polar surface area (TPSA) is 54.2 Å². The fourth-order valence-electron chi connectivity index (χ4n) is 29.1. The molecule has 0 amide bonds. The number of benzene rings is 12. The first-order valence-corrected chi connectivity index (χ1v) is 48.8. The lowest BCUT2D eigenvalue weighted by Crippen LogP contribution is -2.39. The lowest BCUT2D eigenvalue weighted by molar-refractivity contribution is -0.493. The fourth-order valence-corrected chi connectivity index (χ4v) is 29.1. The van der Waals surface area contributed by atoms with Crippen LogP contribution < -0.4 is 26.4 Å². The average Bonchev–Trinajstić information content (AvgIpc) is 1.43. The van der Waals surface area contributed by atoms with Crippen LogP contribution in [0.15, 0.2) is 194 Å². The van der Waals surface area contributed by atoms with E-state index in [9.17, 15) is 0 Å². The highest BCUT2D eigenvalue weighted by Gasteiger charge is 2.46. The van der Waals surface area contributed by atoms with Crippen molar-refractivity contribution in [2.45, 2.75) is 198 Å². The van der Waals surface area contributed by atoms with Crippen molar-refractivity contribution >= 4 is 164 Å². The molecule has 12 nitrogen and oxygen atoms in total. The Hall–Kier alpha value is -14.1. The summed E-state index contributed by atoms with van der Waals surface area (Å²) < 4.78 is 30.6. The summed E-state index contributed by atoms with van der Waals surface area (Å²) in [5.74, 6) is 0. The summed E-state index contributed by atoms with van der Waals surface area (Å²) in [4.78, 5) is 0. The minimum Gasteiger partial charge on any atom is -0.222 e. The van der Waals surface area contributed by atoms with Crippen LogP contribution in [0, 0.1) is 69.2 Å². The largest absolute Gasteiger partial charge is 0.295 e. The van der Waals surface area contributed by atoms with Gasteiger partial charge in [-0.3, -0.25) is 0 Å². The number of pyridine rings is 6. The van der Waals surface area contributed by atoms with Crippen molar-refractivity contribution in [1.29, 1.82) is 0 Å². The first-order chi connectivity index (χ1) is 64.4. The van der Waals surface area contributed by atoms with Crippen molar-refractivity contribution in [1.82, 2.24) is 27.4 Å². The predicted molar refractivity (Wildman–Crippen MR) is 531 cm³/mol. The third-order valence-electron chi connectivity index (χ3n) is 35.0. The number of rotatable bonds is 0. The molecule has 0 aliphatic carbocycles. The maximum atomic E-state index is 2.58. The molecule has 0 bridgehead atoms. The summed E-state index contributed by atoms with van der Waals surface area (Å²) in [6.07, 6.45) is 12.8. The molecule has 0 saturated heterocycles. The molecule has 636 valence electrons. The third-order valence-corrected chi connectivity index (χ3v) is 35.0. The lowest BCUT2D eigenvalue weighted by Gasteiger charge is -2.28. The number of hydrogen-bond donors (Lipinski definition) is 0. The first kappa shape index (κ1) is 73.7. The summed E-state index contributed by atoms with van der Waals surface area (Å²) in [6, 6.07) is 73.4. The van der Waals surface area contributed by atoms with Crippen LogP contribution in [-0.2, 0) is 115 Å². The van der Waals surface area contributed by atoms with Crippen LogP contribution in [0.3, 0.4) is 0 Å². The van der Waals surface area contributed by atoms with Gasteiger partial charge in [-0.15, -0.1) is 0 Å². The molecule has 12 aliphatic rings. The Balaban J connectivity index is 0.0000000746. The number of nitrogens with zero attached hydrogens (tertiary/aromatic N) is 12. The molecular formula is C120H102N12+6. The molecule has 24 heterocycles. The summed E-state index contributed by atoms with van der Waals surface area (Å²) in [5, 5.41) is 26.1. The van der Waals surface area contributed by atoms with Crippen molar-refractivity contribution in [3.8, 4) is 0 Å². The molecule has 0 unspecified atom stereocenters. The van der Waals surface area contributed by atoms with Gasteiger partial charge in [0.2, 0.25) is 0 Å². The molecule has 12 aromatic heterocycles. The zero-order valence-electron chi connectivity index (χ0n) is 77.4. The quantitative estimate of drug-likeness (QED) is 0.107. The monoisotopic (exact) mass is 1710 g/mol. The predicted octanol–water partition coefficient (Wildman–Crippen LogP) is 21.8. The van der Waals surface area contributed by atoms with E-state index in [0.717, 1.165) is 45.7 Å². The van der Waals surface area contributed by atoms with Crippen LogP contribution in [-0.4, -0.2) is 27.4 Å². The van der Waals surface area contributed by atoms with Gasteiger partial charge in [0.05, 0.1) is 32.3 Å². The molecular weight excluding hydrogens is 1610 g/mol. The van der Waals surface area contributed by atoms with Crippen LogP contribution in [0.2, 0.25) is 0 Å². The molecule has 36 rings (SSSR count). The first-order valence-electron chi connectivity index (χ1n) is 48.8. The Bertz CT molecular complexity index is 9800. The van der Waals surface area contributed by atoms with Gasteiger partial charge < -0.3 is 0 Å². The van der Waals surface area contributed by atoms with Gasteiger partial charge in [0.1, 0.15) is 107 Å². The second kappa shape index (κ2) is 24.9. The van der Waals surface area contributed by atoms with Crippen LogP contribution in [0.5, 0.6) is 0 Å². The summed E-state index contributed by atoms with van der Waals surface area (Å²) in [7, 11) is 0. The van der Waals surface area contributed by atoms with E-state index in [-0.39, 0.29) is 5.41 Å². The van der Waals surface area contributed by atoms with E-state index in [1.807, 2.05) is 0 Å². The van der Waals surface area contributed by atoms with Gasteiger partial charge in [0, 0.05) is 217 Å². The van der Waals surface area contributed by atoms with Crippen LogP contribution in [0.1, 0.15) is 171 Å². The Morgan fingerprint density at radius 1 is 0.220 bits per heavy atom. The molecule has 0 radical (unpaired) electrons. The Morgan fingerprint density at radius 2 is 0.538 bits per heavy atom. The van der Waals surface area contributed by atoms with E-state index in [1.54, 1.807) is 0 Å². The number of aromatic nitrogens is 12. The fraction of sp³-hybridized carbons (Fsp3) is 0.250. The molecule has 132 heavy (non-hydrogen) atoms. The minimum atomic E-state index is 0.188. The van der Waals surface area contributed by atoms with Crippen LogP contribution in [0.25, 0.3) is 164 Å². The Morgan fingerprint density at radius 3 is 1.03 bits per heavy atom. The van der Waals surface area contributed by atoms with Gasteiger partial charge in [0.15, 0.2) is 34.2 Å². The van der Waals surface area contributed by atoms with Crippen molar-refractivity contribution in [2.24, 2.45) is 0 Å². The smallest absolute Gasteiger partial charge is 0.222 e. The van der Waals surface area contributed by atoms with Crippen molar-refractivity contribution < 1.29 is 26.4 Å². The third kappa shape index (κ3) is 8.80. The maximum absolute atomic E-state index is 2.58.